The Morgan fingerprint density at radius 2 is 1.86 bits per heavy atom. The fourth-order valence-electron chi connectivity index (χ4n) is 5.39. The van der Waals surface area contributed by atoms with E-state index >= 15 is 0 Å². The van der Waals surface area contributed by atoms with Crippen LogP contribution in [0.4, 0.5) is 0 Å². The molecule has 148 valence electrons. The van der Waals surface area contributed by atoms with Crippen LogP contribution in [0.2, 0.25) is 0 Å². The van der Waals surface area contributed by atoms with Crippen LogP contribution in [0, 0.1) is 12.8 Å². The highest BCUT2D eigenvalue weighted by molar-refractivity contribution is 5.45. The maximum atomic E-state index is 11.5. The molecule has 1 saturated heterocycles. The Labute approximate surface area is 167 Å². The lowest BCUT2D eigenvalue weighted by molar-refractivity contribution is -0.126. The molecular weight excluding hydrogens is 350 g/mol. The lowest BCUT2D eigenvalue weighted by Gasteiger charge is -2.52. The number of hydrogen-bond acceptors (Lipinski definition) is 4. The van der Waals surface area contributed by atoms with Crippen LogP contribution < -0.4 is 9.47 Å². The third kappa shape index (κ3) is 3.19. The molecule has 2 aromatic carbocycles. The van der Waals surface area contributed by atoms with Gasteiger partial charge in [0.05, 0.1) is 5.60 Å². The van der Waals surface area contributed by atoms with Crippen molar-refractivity contribution in [2.24, 2.45) is 5.92 Å². The average molecular weight is 380 g/mol. The van der Waals surface area contributed by atoms with Crippen molar-refractivity contribution in [1.82, 2.24) is 4.90 Å². The van der Waals surface area contributed by atoms with Crippen LogP contribution in [0.3, 0.4) is 0 Å². The van der Waals surface area contributed by atoms with E-state index in [9.17, 15) is 5.11 Å². The van der Waals surface area contributed by atoms with Crippen molar-refractivity contribution in [3.8, 4) is 11.5 Å². The highest BCUT2D eigenvalue weighted by atomic mass is 16.7. The van der Waals surface area contributed by atoms with Crippen molar-refractivity contribution < 1.29 is 14.6 Å². The average Bonchev–Trinajstić information content (AvgIpc) is 3.17. The lowest BCUT2D eigenvalue weighted by atomic mass is 9.66. The predicted molar refractivity (Wildman–Crippen MR) is 108 cm³/mol. The summed E-state index contributed by atoms with van der Waals surface area (Å²) in [5, 5.41) is 11.5. The van der Waals surface area contributed by atoms with Gasteiger partial charge in [0.2, 0.25) is 6.79 Å². The van der Waals surface area contributed by atoms with Crippen LogP contribution in [0.5, 0.6) is 11.5 Å². The molecule has 4 heteroatoms. The monoisotopic (exact) mass is 379 g/mol. The third-order valence-corrected chi connectivity index (χ3v) is 6.92. The largest absolute Gasteiger partial charge is 0.454 e. The van der Waals surface area contributed by atoms with Crippen LogP contribution in [0.25, 0.3) is 0 Å². The number of aliphatic hydroxyl groups is 1. The second kappa shape index (κ2) is 7.09. The number of piperidine rings is 1. The molecule has 0 amide bonds. The number of hydrogen-bond donors (Lipinski definition) is 1. The van der Waals surface area contributed by atoms with Gasteiger partial charge in [0.25, 0.3) is 0 Å². The highest BCUT2D eigenvalue weighted by Crippen LogP contribution is 2.50. The molecule has 2 unspecified atom stereocenters. The van der Waals surface area contributed by atoms with E-state index in [0.717, 1.165) is 50.3 Å². The Kier molecular flexibility index (Phi) is 4.56. The van der Waals surface area contributed by atoms with Gasteiger partial charge in [-0.2, -0.15) is 0 Å². The van der Waals surface area contributed by atoms with Gasteiger partial charge >= 0.3 is 0 Å². The molecule has 3 atom stereocenters. The summed E-state index contributed by atoms with van der Waals surface area (Å²) in [6, 6.07) is 15.4. The number of nitrogens with zero attached hydrogens (tertiary/aromatic N) is 1. The molecular formula is C24H29NO3. The molecule has 0 spiro atoms. The van der Waals surface area contributed by atoms with Crippen LogP contribution in [-0.2, 0) is 6.54 Å². The molecule has 2 aromatic rings. The Morgan fingerprint density at radius 1 is 1.04 bits per heavy atom. The standard InChI is InChI=1S/C24H29NO3/c1-17-5-7-18(8-6-17)15-25-13-12-24(26)11-3-2-4-20(24)23(25)19-9-10-21-22(14-19)28-16-27-21/h5-10,14,20,23,26H,2-4,11-13,15-16H2,1H3/t20?,23-,24?/m0/s1. The van der Waals surface area contributed by atoms with E-state index in [-0.39, 0.29) is 12.0 Å². The molecule has 2 aliphatic heterocycles. The van der Waals surface area contributed by atoms with Crippen molar-refractivity contribution in [2.75, 3.05) is 13.3 Å². The summed E-state index contributed by atoms with van der Waals surface area (Å²) in [6.07, 6.45) is 5.22. The molecule has 28 heavy (non-hydrogen) atoms. The number of benzene rings is 2. The molecule has 0 radical (unpaired) electrons. The zero-order valence-corrected chi connectivity index (χ0v) is 16.6. The van der Waals surface area contributed by atoms with Crippen LogP contribution in [0.15, 0.2) is 42.5 Å². The van der Waals surface area contributed by atoms with Gasteiger partial charge in [0.1, 0.15) is 0 Å². The van der Waals surface area contributed by atoms with Gasteiger partial charge in [-0.15, -0.1) is 0 Å². The molecule has 2 heterocycles. The van der Waals surface area contributed by atoms with E-state index in [2.05, 4.69) is 48.2 Å². The number of ether oxygens (including phenoxy) is 2. The second-order valence-corrected chi connectivity index (χ2v) is 8.72. The molecule has 1 N–H and O–H groups in total. The fraction of sp³-hybridized carbons (Fsp3) is 0.500. The first kappa shape index (κ1) is 18.0. The molecule has 2 fully saturated rings. The van der Waals surface area contributed by atoms with Crippen molar-refractivity contribution in [2.45, 2.75) is 57.2 Å². The molecule has 0 bridgehead atoms. The number of fused-ring (bicyclic) bond motifs is 2. The Balaban J connectivity index is 1.50. The second-order valence-electron chi connectivity index (χ2n) is 8.72. The summed E-state index contributed by atoms with van der Waals surface area (Å²) in [5.41, 5.74) is 3.32. The quantitative estimate of drug-likeness (QED) is 0.847. The molecule has 1 aliphatic carbocycles. The van der Waals surface area contributed by atoms with E-state index in [4.69, 9.17) is 9.47 Å². The molecule has 3 aliphatic rings. The summed E-state index contributed by atoms with van der Waals surface area (Å²) in [7, 11) is 0. The van der Waals surface area contributed by atoms with Crippen molar-refractivity contribution in [3.63, 3.8) is 0 Å². The van der Waals surface area contributed by atoms with Crippen LogP contribution in [0.1, 0.15) is 54.8 Å². The van der Waals surface area contributed by atoms with E-state index in [1.54, 1.807) is 0 Å². The van der Waals surface area contributed by atoms with E-state index in [0.29, 0.717) is 6.79 Å². The molecule has 1 saturated carbocycles. The van der Waals surface area contributed by atoms with Gasteiger partial charge in [0, 0.05) is 25.0 Å². The van der Waals surface area contributed by atoms with Crippen molar-refractivity contribution in [1.29, 1.82) is 0 Å². The van der Waals surface area contributed by atoms with Gasteiger partial charge in [-0.3, -0.25) is 4.90 Å². The smallest absolute Gasteiger partial charge is 0.231 e. The predicted octanol–water partition coefficient (Wildman–Crippen LogP) is 4.59. The number of likely N-dealkylation sites (tertiary alicyclic amines) is 1. The first-order valence-electron chi connectivity index (χ1n) is 10.5. The minimum Gasteiger partial charge on any atom is -0.454 e. The summed E-state index contributed by atoms with van der Waals surface area (Å²) < 4.78 is 11.2. The van der Waals surface area contributed by atoms with E-state index < -0.39 is 5.60 Å². The Hall–Kier alpha value is -2.04. The summed E-state index contributed by atoms with van der Waals surface area (Å²) in [5.74, 6) is 1.92. The first-order chi connectivity index (χ1) is 13.6. The maximum absolute atomic E-state index is 11.5. The van der Waals surface area contributed by atoms with Gasteiger partial charge in [0.15, 0.2) is 11.5 Å². The van der Waals surface area contributed by atoms with Crippen molar-refractivity contribution in [3.05, 3.63) is 59.2 Å². The van der Waals surface area contributed by atoms with Gasteiger partial charge < -0.3 is 14.6 Å². The Morgan fingerprint density at radius 3 is 2.71 bits per heavy atom. The topological polar surface area (TPSA) is 41.9 Å². The highest BCUT2D eigenvalue weighted by Gasteiger charge is 2.49. The summed E-state index contributed by atoms with van der Waals surface area (Å²) in [4.78, 5) is 2.56. The minimum atomic E-state index is -0.539. The molecule has 4 nitrogen and oxygen atoms in total. The fourth-order valence-corrected chi connectivity index (χ4v) is 5.39. The number of rotatable bonds is 3. The summed E-state index contributed by atoms with van der Waals surface area (Å²) in [6.45, 7) is 4.25. The summed E-state index contributed by atoms with van der Waals surface area (Å²) >= 11 is 0. The zero-order valence-electron chi connectivity index (χ0n) is 16.6. The normalized spacial score (nSPS) is 29.5. The van der Waals surface area contributed by atoms with Gasteiger partial charge in [-0.1, -0.05) is 48.7 Å². The number of aryl methyl sites for hydroxylation is 1. The first-order valence-corrected chi connectivity index (χ1v) is 10.5. The van der Waals surface area contributed by atoms with Gasteiger partial charge in [-0.05, 0) is 49.4 Å². The lowest BCUT2D eigenvalue weighted by Crippen LogP contribution is -2.54. The maximum Gasteiger partial charge on any atom is 0.231 e. The Bertz CT molecular complexity index is 849. The molecule has 5 rings (SSSR count). The van der Waals surface area contributed by atoms with E-state index in [1.165, 1.54) is 23.1 Å². The van der Waals surface area contributed by atoms with Crippen LogP contribution in [-0.4, -0.2) is 28.9 Å². The third-order valence-electron chi connectivity index (χ3n) is 6.92. The van der Waals surface area contributed by atoms with E-state index in [1.807, 2.05) is 6.07 Å². The van der Waals surface area contributed by atoms with Gasteiger partial charge in [-0.25, -0.2) is 0 Å². The molecule has 0 aromatic heterocycles. The van der Waals surface area contributed by atoms with Crippen LogP contribution >= 0.6 is 0 Å². The SMILES string of the molecule is Cc1ccc(CN2CCC3(O)CCCCC3[C@@H]2c2ccc3c(c2)OCO3)cc1. The minimum absolute atomic E-state index is 0.204. The van der Waals surface area contributed by atoms with Crippen molar-refractivity contribution >= 4 is 0 Å². The zero-order chi connectivity index (χ0) is 19.1.